The molecule has 0 spiro atoms. The summed E-state index contributed by atoms with van der Waals surface area (Å²) >= 11 is 0. The molecule has 100 valence electrons. The van der Waals surface area contributed by atoms with Crippen LogP contribution in [0.5, 0.6) is 0 Å². The highest BCUT2D eigenvalue weighted by Gasteiger charge is 1.98. The molecule has 0 amide bonds. The zero-order chi connectivity index (χ0) is 13.7. The van der Waals surface area contributed by atoms with Crippen molar-refractivity contribution in [2.75, 3.05) is 19.4 Å². The molecule has 19 heavy (non-hydrogen) atoms. The molecule has 0 fully saturated rings. The zero-order valence-electron chi connectivity index (χ0n) is 11.5. The third-order valence-electron chi connectivity index (χ3n) is 2.79. The Morgan fingerprint density at radius 3 is 2.58 bits per heavy atom. The second kappa shape index (κ2) is 6.20. The molecule has 0 saturated carbocycles. The van der Waals surface area contributed by atoms with Crippen molar-refractivity contribution in [3.05, 3.63) is 54.4 Å². The molecule has 1 aromatic carbocycles. The fraction of sp³-hybridized carbons (Fsp3) is 0.267. The summed E-state index contributed by atoms with van der Waals surface area (Å²) in [7, 11) is 4.15. The number of rotatable bonds is 6. The maximum absolute atomic E-state index is 4.15. The first-order valence-electron chi connectivity index (χ1n) is 6.30. The quantitative estimate of drug-likeness (QED) is 0.862. The molecule has 0 aliphatic carbocycles. The van der Waals surface area contributed by atoms with Gasteiger partial charge in [-0.3, -0.25) is 0 Å². The minimum absolute atomic E-state index is 0.765. The molecule has 1 N–H and O–H groups in total. The van der Waals surface area contributed by atoms with Gasteiger partial charge in [0.15, 0.2) is 0 Å². The molecular formula is C15H20N4. The standard InChI is InChI=1S/C15H20N4/c1-4-19-12-14(10-17-19)9-16-15-7-5-13(6-8-15)11-18(2)3/h4-8,10,12,16H,1,9,11H2,2-3H3. The Balaban J connectivity index is 1.90. The smallest absolute Gasteiger partial charge is 0.0543 e. The zero-order valence-corrected chi connectivity index (χ0v) is 11.5. The summed E-state index contributed by atoms with van der Waals surface area (Å²) in [6.45, 7) is 5.40. The van der Waals surface area contributed by atoms with Crippen LogP contribution in [0.2, 0.25) is 0 Å². The Hall–Kier alpha value is -2.07. The van der Waals surface area contributed by atoms with E-state index < -0.39 is 0 Å². The molecule has 2 rings (SSSR count). The lowest BCUT2D eigenvalue weighted by Gasteiger charge is -2.10. The Kier molecular flexibility index (Phi) is 4.36. The van der Waals surface area contributed by atoms with Crippen LogP contribution >= 0.6 is 0 Å². The van der Waals surface area contributed by atoms with Crippen LogP contribution in [0.3, 0.4) is 0 Å². The van der Waals surface area contributed by atoms with E-state index >= 15 is 0 Å². The summed E-state index contributed by atoms with van der Waals surface area (Å²) in [6.07, 6.45) is 5.48. The molecule has 0 atom stereocenters. The molecular weight excluding hydrogens is 236 g/mol. The van der Waals surface area contributed by atoms with Gasteiger partial charge in [0.2, 0.25) is 0 Å². The highest BCUT2D eigenvalue weighted by atomic mass is 15.2. The third kappa shape index (κ3) is 3.96. The molecule has 2 aromatic rings. The van der Waals surface area contributed by atoms with Gasteiger partial charge in [-0.25, -0.2) is 4.68 Å². The van der Waals surface area contributed by atoms with Crippen LogP contribution in [0, 0.1) is 0 Å². The normalized spacial score (nSPS) is 10.7. The summed E-state index contributed by atoms with van der Waals surface area (Å²) < 4.78 is 1.71. The van der Waals surface area contributed by atoms with Crippen LogP contribution in [0.4, 0.5) is 5.69 Å². The molecule has 0 aliphatic heterocycles. The number of anilines is 1. The number of nitrogens with one attached hydrogen (secondary N) is 1. The summed E-state index contributed by atoms with van der Waals surface area (Å²) in [6, 6.07) is 8.51. The minimum atomic E-state index is 0.765. The SMILES string of the molecule is C=Cn1cc(CNc2ccc(CN(C)C)cc2)cn1. The highest BCUT2D eigenvalue weighted by molar-refractivity contribution is 5.45. The lowest BCUT2D eigenvalue weighted by molar-refractivity contribution is 0.402. The van der Waals surface area contributed by atoms with Crippen molar-refractivity contribution < 1.29 is 0 Å². The van der Waals surface area contributed by atoms with Gasteiger partial charge in [-0.2, -0.15) is 5.10 Å². The van der Waals surface area contributed by atoms with E-state index in [2.05, 4.69) is 60.3 Å². The molecule has 0 bridgehead atoms. The van der Waals surface area contributed by atoms with Crippen molar-refractivity contribution in [2.24, 2.45) is 0 Å². The van der Waals surface area contributed by atoms with Crippen molar-refractivity contribution in [3.8, 4) is 0 Å². The molecule has 1 aromatic heterocycles. The van der Waals surface area contributed by atoms with Gasteiger partial charge in [0.1, 0.15) is 0 Å². The first kappa shape index (κ1) is 13.4. The Bertz CT molecular complexity index is 525. The highest BCUT2D eigenvalue weighted by Crippen LogP contribution is 2.12. The summed E-state index contributed by atoms with van der Waals surface area (Å²) in [4.78, 5) is 2.16. The third-order valence-corrected chi connectivity index (χ3v) is 2.79. The van der Waals surface area contributed by atoms with E-state index in [1.165, 1.54) is 5.56 Å². The van der Waals surface area contributed by atoms with Crippen LogP contribution in [0.25, 0.3) is 6.20 Å². The topological polar surface area (TPSA) is 33.1 Å². The maximum Gasteiger partial charge on any atom is 0.0543 e. The second-order valence-corrected chi connectivity index (χ2v) is 4.80. The van der Waals surface area contributed by atoms with Gasteiger partial charge < -0.3 is 10.2 Å². The van der Waals surface area contributed by atoms with Crippen LogP contribution in [-0.2, 0) is 13.1 Å². The Labute approximate surface area is 114 Å². The first-order valence-corrected chi connectivity index (χ1v) is 6.30. The van der Waals surface area contributed by atoms with Gasteiger partial charge in [-0.1, -0.05) is 18.7 Å². The molecule has 0 unspecified atom stereocenters. The average Bonchev–Trinajstić information content (AvgIpc) is 2.85. The van der Waals surface area contributed by atoms with Crippen molar-refractivity contribution in [1.82, 2.24) is 14.7 Å². The van der Waals surface area contributed by atoms with E-state index in [1.807, 2.05) is 12.4 Å². The second-order valence-electron chi connectivity index (χ2n) is 4.80. The largest absolute Gasteiger partial charge is 0.381 e. The Morgan fingerprint density at radius 2 is 2.00 bits per heavy atom. The van der Waals surface area contributed by atoms with Gasteiger partial charge in [0, 0.05) is 36.7 Å². The summed E-state index contributed by atoms with van der Waals surface area (Å²) in [5, 5.41) is 7.52. The number of hydrogen-bond donors (Lipinski definition) is 1. The summed E-state index contributed by atoms with van der Waals surface area (Å²) in [5.41, 5.74) is 3.57. The van der Waals surface area contributed by atoms with Crippen LogP contribution in [0.15, 0.2) is 43.2 Å². The van der Waals surface area contributed by atoms with E-state index in [4.69, 9.17) is 0 Å². The predicted molar refractivity (Wildman–Crippen MR) is 79.8 cm³/mol. The average molecular weight is 256 g/mol. The van der Waals surface area contributed by atoms with Gasteiger partial charge >= 0.3 is 0 Å². The molecule has 4 heteroatoms. The Morgan fingerprint density at radius 1 is 1.26 bits per heavy atom. The minimum Gasteiger partial charge on any atom is -0.381 e. The fourth-order valence-corrected chi connectivity index (χ4v) is 1.87. The number of hydrogen-bond acceptors (Lipinski definition) is 3. The van der Waals surface area contributed by atoms with Crippen molar-refractivity contribution in [3.63, 3.8) is 0 Å². The molecule has 0 saturated heterocycles. The van der Waals surface area contributed by atoms with Gasteiger partial charge in [0.25, 0.3) is 0 Å². The van der Waals surface area contributed by atoms with Crippen molar-refractivity contribution in [1.29, 1.82) is 0 Å². The van der Waals surface area contributed by atoms with E-state index in [9.17, 15) is 0 Å². The van der Waals surface area contributed by atoms with E-state index in [-0.39, 0.29) is 0 Å². The number of benzene rings is 1. The lowest BCUT2D eigenvalue weighted by atomic mass is 10.2. The summed E-state index contributed by atoms with van der Waals surface area (Å²) in [5.74, 6) is 0. The number of nitrogens with zero attached hydrogens (tertiary/aromatic N) is 3. The molecule has 0 aliphatic rings. The molecule has 1 heterocycles. The van der Waals surface area contributed by atoms with E-state index in [1.54, 1.807) is 10.9 Å². The van der Waals surface area contributed by atoms with Gasteiger partial charge in [-0.05, 0) is 31.8 Å². The van der Waals surface area contributed by atoms with Crippen molar-refractivity contribution in [2.45, 2.75) is 13.1 Å². The van der Waals surface area contributed by atoms with E-state index in [0.29, 0.717) is 0 Å². The van der Waals surface area contributed by atoms with Crippen LogP contribution < -0.4 is 5.32 Å². The predicted octanol–water partition coefficient (Wildman–Crippen LogP) is 2.66. The van der Waals surface area contributed by atoms with Crippen LogP contribution in [-0.4, -0.2) is 28.8 Å². The van der Waals surface area contributed by atoms with E-state index in [0.717, 1.165) is 24.3 Å². The fourth-order valence-electron chi connectivity index (χ4n) is 1.87. The van der Waals surface area contributed by atoms with Gasteiger partial charge in [0.05, 0.1) is 6.20 Å². The lowest BCUT2D eigenvalue weighted by Crippen LogP contribution is -2.10. The number of aromatic nitrogens is 2. The molecule has 0 radical (unpaired) electrons. The first-order chi connectivity index (χ1) is 9.17. The maximum atomic E-state index is 4.15. The van der Waals surface area contributed by atoms with Crippen LogP contribution in [0.1, 0.15) is 11.1 Å². The molecule has 4 nitrogen and oxygen atoms in total. The van der Waals surface area contributed by atoms with Gasteiger partial charge in [-0.15, -0.1) is 0 Å². The monoisotopic (exact) mass is 256 g/mol. The van der Waals surface area contributed by atoms with Crippen molar-refractivity contribution >= 4 is 11.9 Å².